The molecule has 19 heavy (non-hydrogen) atoms. The van der Waals surface area contributed by atoms with E-state index in [0.29, 0.717) is 6.54 Å². The maximum Gasteiger partial charge on any atom is 0.0951 e. The monoisotopic (exact) mass is 327 g/mol. The fraction of sp³-hybridized carbons (Fsp3) is 0.625. The second kappa shape index (κ2) is 9.51. The Morgan fingerprint density at radius 1 is 1.26 bits per heavy atom. The molecular formula is C16H26BrNO. The normalized spacial score (nSPS) is 14.3. The summed E-state index contributed by atoms with van der Waals surface area (Å²) in [5, 5.41) is 0. The van der Waals surface area contributed by atoms with Crippen molar-refractivity contribution in [2.75, 3.05) is 6.54 Å². The van der Waals surface area contributed by atoms with E-state index in [1.165, 1.54) is 25.7 Å². The van der Waals surface area contributed by atoms with Crippen LogP contribution in [0.5, 0.6) is 0 Å². The molecule has 0 aliphatic heterocycles. The Hall–Kier alpha value is -0.380. The molecule has 1 aromatic carbocycles. The minimum absolute atomic E-state index is 0.00123. The smallest absolute Gasteiger partial charge is 0.0951 e. The van der Waals surface area contributed by atoms with E-state index in [9.17, 15) is 0 Å². The van der Waals surface area contributed by atoms with E-state index in [1.807, 2.05) is 12.1 Å². The summed E-state index contributed by atoms with van der Waals surface area (Å²) < 4.78 is 7.15. The molecule has 0 radical (unpaired) electrons. The predicted molar refractivity (Wildman–Crippen MR) is 85.2 cm³/mol. The zero-order chi connectivity index (χ0) is 14.1. The largest absolute Gasteiger partial charge is 0.369 e. The van der Waals surface area contributed by atoms with Crippen molar-refractivity contribution in [3.8, 4) is 0 Å². The molecule has 0 saturated heterocycles. The lowest BCUT2D eigenvalue weighted by Gasteiger charge is -2.22. The number of hydrogen-bond donors (Lipinski definition) is 1. The Labute approximate surface area is 125 Å². The van der Waals surface area contributed by atoms with Crippen molar-refractivity contribution in [1.29, 1.82) is 0 Å². The van der Waals surface area contributed by atoms with Gasteiger partial charge in [0, 0.05) is 11.0 Å². The highest BCUT2D eigenvalue weighted by Crippen LogP contribution is 2.23. The molecule has 0 fully saturated rings. The van der Waals surface area contributed by atoms with Crippen LogP contribution in [0, 0.1) is 0 Å². The van der Waals surface area contributed by atoms with Crippen LogP contribution in [0.15, 0.2) is 28.7 Å². The topological polar surface area (TPSA) is 35.2 Å². The van der Waals surface area contributed by atoms with Crippen LogP contribution in [0.25, 0.3) is 0 Å². The minimum Gasteiger partial charge on any atom is -0.369 e. The molecule has 1 rings (SSSR count). The van der Waals surface area contributed by atoms with E-state index < -0.39 is 0 Å². The van der Waals surface area contributed by atoms with Crippen LogP contribution in [0.2, 0.25) is 0 Å². The van der Waals surface area contributed by atoms with Gasteiger partial charge in [0.15, 0.2) is 0 Å². The van der Waals surface area contributed by atoms with E-state index in [2.05, 4.69) is 41.9 Å². The first-order valence-corrected chi connectivity index (χ1v) is 8.07. The first-order chi connectivity index (χ1) is 9.17. The van der Waals surface area contributed by atoms with Crippen LogP contribution in [0.4, 0.5) is 0 Å². The van der Waals surface area contributed by atoms with Gasteiger partial charge >= 0.3 is 0 Å². The third-order valence-electron chi connectivity index (χ3n) is 3.30. The van der Waals surface area contributed by atoms with Crippen molar-refractivity contribution in [3.05, 3.63) is 34.3 Å². The van der Waals surface area contributed by atoms with E-state index in [0.717, 1.165) is 16.5 Å². The van der Waals surface area contributed by atoms with Gasteiger partial charge in [-0.15, -0.1) is 0 Å². The van der Waals surface area contributed by atoms with Crippen LogP contribution in [-0.4, -0.2) is 12.6 Å². The highest BCUT2D eigenvalue weighted by Gasteiger charge is 2.14. The molecule has 108 valence electrons. The number of halogens is 1. The molecule has 0 aliphatic carbocycles. The zero-order valence-corrected chi connectivity index (χ0v) is 13.7. The molecule has 0 amide bonds. The van der Waals surface area contributed by atoms with E-state index >= 15 is 0 Å². The summed E-state index contributed by atoms with van der Waals surface area (Å²) in [5.41, 5.74) is 6.99. The van der Waals surface area contributed by atoms with E-state index in [-0.39, 0.29) is 12.2 Å². The molecule has 0 saturated carbocycles. The molecule has 0 heterocycles. The molecule has 0 aliphatic rings. The molecule has 1 aromatic rings. The van der Waals surface area contributed by atoms with Crippen molar-refractivity contribution >= 4 is 15.9 Å². The molecule has 0 aromatic heterocycles. The van der Waals surface area contributed by atoms with Gasteiger partial charge in [0.25, 0.3) is 0 Å². The Balaban J connectivity index is 2.43. The molecule has 0 spiro atoms. The van der Waals surface area contributed by atoms with Gasteiger partial charge in [-0.1, -0.05) is 60.7 Å². The van der Waals surface area contributed by atoms with Gasteiger partial charge in [-0.25, -0.2) is 0 Å². The lowest BCUT2D eigenvalue weighted by atomic mass is 10.1. The predicted octanol–water partition coefficient (Wildman–Crippen LogP) is 4.82. The standard InChI is InChI=1S/C16H26BrNO/c1-3-4-5-6-8-13(2)19-16(12-18)14-9-7-10-15(17)11-14/h7,9-11,13,16H,3-6,8,12,18H2,1-2H3. The third-order valence-corrected chi connectivity index (χ3v) is 3.79. The maximum absolute atomic E-state index is 6.08. The molecule has 3 heteroatoms. The average Bonchev–Trinajstić information content (AvgIpc) is 2.41. The number of benzene rings is 1. The summed E-state index contributed by atoms with van der Waals surface area (Å²) in [6.07, 6.45) is 6.52. The maximum atomic E-state index is 6.08. The Morgan fingerprint density at radius 2 is 2.05 bits per heavy atom. The molecule has 2 N–H and O–H groups in total. The summed E-state index contributed by atoms with van der Waals surface area (Å²) in [6, 6.07) is 8.20. The van der Waals surface area contributed by atoms with Gasteiger partial charge in [0.2, 0.25) is 0 Å². The molecule has 2 nitrogen and oxygen atoms in total. The lowest BCUT2D eigenvalue weighted by Crippen LogP contribution is -2.21. The minimum atomic E-state index is -0.00123. The second-order valence-corrected chi connectivity index (χ2v) is 5.99. The quantitative estimate of drug-likeness (QED) is 0.659. The summed E-state index contributed by atoms with van der Waals surface area (Å²) in [6.45, 7) is 4.90. The average molecular weight is 328 g/mol. The number of hydrogen-bond acceptors (Lipinski definition) is 2. The van der Waals surface area contributed by atoms with Gasteiger partial charge in [0.1, 0.15) is 0 Å². The van der Waals surface area contributed by atoms with E-state index in [4.69, 9.17) is 10.5 Å². The first kappa shape index (κ1) is 16.7. The lowest BCUT2D eigenvalue weighted by molar-refractivity contribution is -0.00376. The van der Waals surface area contributed by atoms with Crippen molar-refractivity contribution < 1.29 is 4.74 Å². The molecule has 0 bridgehead atoms. The number of nitrogens with two attached hydrogens (primary N) is 1. The Morgan fingerprint density at radius 3 is 2.68 bits per heavy atom. The first-order valence-electron chi connectivity index (χ1n) is 7.28. The molecule has 2 unspecified atom stereocenters. The number of unbranched alkanes of at least 4 members (excludes halogenated alkanes) is 3. The highest BCUT2D eigenvalue weighted by molar-refractivity contribution is 9.10. The SMILES string of the molecule is CCCCCCC(C)OC(CN)c1cccc(Br)c1. The van der Waals surface area contributed by atoms with Crippen LogP contribution in [0.3, 0.4) is 0 Å². The second-order valence-electron chi connectivity index (χ2n) is 5.08. The van der Waals surface area contributed by atoms with Gasteiger partial charge in [-0.2, -0.15) is 0 Å². The van der Waals surface area contributed by atoms with Crippen LogP contribution in [0.1, 0.15) is 57.6 Å². The van der Waals surface area contributed by atoms with Crippen LogP contribution in [-0.2, 0) is 4.74 Å². The number of ether oxygens (including phenoxy) is 1. The van der Waals surface area contributed by atoms with Crippen LogP contribution >= 0.6 is 15.9 Å². The highest BCUT2D eigenvalue weighted by atomic mass is 79.9. The fourth-order valence-corrected chi connectivity index (χ4v) is 2.60. The van der Waals surface area contributed by atoms with Gasteiger partial charge in [-0.05, 0) is 31.0 Å². The molecule has 2 atom stereocenters. The van der Waals surface area contributed by atoms with Crippen molar-refractivity contribution in [2.45, 2.75) is 58.2 Å². The Bertz CT molecular complexity index is 356. The third kappa shape index (κ3) is 6.55. The summed E-state index contributed by atoms with van der Waals surface area (Å²) >= 11 is 3.49. The number of rotatable bonds is 9. The summed E-state index contributed by atoms with van der Waals surface area (Å²) in [7, 11) is 0. The van der Waals surface area contributed by atoms with Gasteiger partial charge in [0.05, 0.1) is 12.2 Å². The van der Waals surface area contributed by atoms with Crippen molar-refractivity contribution in [3.63, 3.8) is 0 Å². The summed E-state index contributed by atoms with van der Waals surface area (Å²) in [5.74, 6) is 0. The van der Waals surface area contributed by atoms with Crippen molar-refractivity contribution in [1.82, 2.24) is 0 Å². The Kier molecular flexibility index (Phi) is 8.35. The zero-order valence-electron chi connectivity index (χ0n) is 12.1. The fourth-order valence-electron chi connectivity index (χ4n) is 2.18. The van der Waals surface area contributed by atoms with Crippen LogP contribution < -0.4 is 5.73 Å². The summed E-state index contributed by atoms with van der Waals surface area (Å²) in [4.78, 5) is 0. The van der Waals surface area contributed by atoms with Gasteiger partial charge < -0.3 is 10.5 Å². The molecular weight excluding hydrogens is 302 g/mol. The van der Waals surface area contributed by atoms with E-state index in [1.54, 1.807) is 0 Å². The van der Waals surface area contributed by atoms with Gasteiger partial charge in [-0.3, -0.25) is 0 Å². The van der Waals surface area contributed by atoms with Crippen molar-refractivity contribution in [2.24, 2.45) is 5.73 Å².